The van der Waals surface area contributed by atoms with E-state index in [-0.39, 0.29) is 11.5 Å². The number of allylic oxidation sites excluding steroid dienone is 1. The quantitative estimate of drug-likeness (QED) is 0.474. The van der Waals surface area contributed by atoms with E-state index in [0.717, 1.165) is 44.3 Å². The molecule has 0 unspecified atom stereocenters. The van der Waals surface area contributed by atoms with E-state index < -0.39 is 5.79 Å². The lowest BCUT2D eigenvalue weighted by atomic mass is 9.47. The Bertz CT molecular complexity index is 598. The number of ether oxygens (including phenoxy) is 2. The van der Waals surface area contributed by atoms with Gasteiger partial charge in [0.05, 0.1) is 24.1 Å². The van der Waals surface area contributed by atoms with E-state index in [9.17, 15) is 5.11 Å². The molecule has 5 aliphatic rings. The SMILES string of the molecule is C[C@]12CC[C@H](O)CC1=CC[C@@H]1[C@@H]2CC[C@@]2(C)[C@H]1C[C@@H](Br)C21OCCO1. The number of hydrogen-bond donors (Lipinski definition) is 1. The zero-order valence-electron chi connectivity index (χ0n) is 15.5. The summed E-state index contributed by atoms with van der Waals surface area (Å²) in [5.41, 5.74) is 1.97. The second-order valence-corrected chi connectivity index (χ2v) is 10.8. The van der Waals surface area contributed by atoms with Crippen LogP contribution in [0.5, 0.6) is 0 Å². The van der Waals surface area contributed by atoms with Gasteiger partial charge in [-0.15, -0.1) is 0 Å². The van der Waals surface area contributed by atoms with E-state index in [1.54, 1.807) is 5.57 Å². The fraction of sp³-hybridized carbons (Fsp3) is 0.905. The number of alkyl halides is 1. The lowest BCUT2D eigenvalue weighted by Crippen LogP contribution is -2.56. The zero-order chi connectivity index (χ0) is 17.4. The number of aliphatic hydroxyl groups is 1. The summed E-state index contributed by atoms with van der Waals surface area (Å²) in [6.45, 7) is 6.39. The van der Waals surface area contributed by atoms with Gasteiger partial charge in [-0.2, -0.15) is 0 Å². The molecule has 4 aliphatic carbocycles. The van der Waals surface area contributed by atoms with Gasteiger partial charge in [-0.25, -0.2) is 0 Å². The first-order valence-electron chi connectivity index (χ1n) is 10.2. The second kappa shape index (κ2) is 5.56. The van der Waals surface area contributed by atoms with Gasteiger partial charge >= 0.3 is 0 Å². The molecule has 25 heavy (non-hydrogen) atoms. The number of halogens is 1. The summed E-state index contributed by atoms with van der Waals surface area (Å²) in [6, 6.07) is 0. The molecule has 3 nitrogen and oxygen atoms in total. The van der Waals surface area contributed by atoms with E-state index in [4.69, 9.17) is 9.47 Å². The number of aliphatic hydroxyl groups excluding tert-OH is 1. The molecule has 3 saturated carbocycles. The molecular weight excluding hydrogens is 380 g/mol. The van der Waals surface area contributed by atoms with Gasteiger partial charge in [0.2, 0.25) is 0 Å². The Labute approximate surface area is 159 Å². The van der Waals surface area contributed by atoms with Gasteiger partial charge < -0.3 is 14.6 Å². The van der Waals surface area contributed by atoms with Crippen molar-refractivity contribution < 1.29 is 14.6 Å². The smallest absolute Gasteiger partial charge is 0.186 e. The summed E-state index contributed by atoms with van der Waals surface area (Å²) < 4.78 is 12.6. The van der Waals surface area contributed by atoms with Gasteiger partial charge in [0.1, 0.15) is 0 Å². The maximum absolute atomic E-state index is 10.1. The Morgan fingerprint density at radius 1 is 1.12 bits per heavy atom. The minimum absolute atomic E-state index is 0.119. The zero-order valence-corrected chi connectivity index (χ0v) is 17.1. The third kappa shape index (κ3) is 2.09. The van der Waals surface area contributed by atoms with Crippen molar-refractivity contribution in [2.45, 2.75) is 75.5 Å². The van der Waals surface area contributed by atoms with Crippen LogP contribution in [0.1, 0.15) is 58.8 Å². The minimum Gasteiger partial charge on any atom is -0.393 e. The van der Waals surface area contributed by atoms with Crippen LogP contribution in [-0.2, 0) is 9.47 Å². The third-order valence-corrected chi connectivity index (χ3v) is 9.83. The molecule has 0 radical (unpaired) electrons. The normalized spacial score (nSPS) is 53.9. The summed E-state index contributed by atoms with van der Waals surface area (Å²) in [5, 5.41) is 10.1. The van der Waals surface area contributed by atoms with Gasteiger partial charge in [0.25, 0.3) is 0 Å². The van der Waals surface area contributed by atoms with Crippen molar-refractivity contribution in [2.75, 3.05) is 13.2 Å². The molecule has 1 spiro atoms. The van der Waals surface area contributed by atoms with E-state index in [2.05, 4.69) is 35.9 Å². The van der Waals surface area contributed by atoms with Gasteiger partial charge in [-0.3, -0.25) is 0 Å². The summed E-state index contributed by atoms with van der Waals surface area (Å²) in [4.78, 5) is 0.308. The van der Waals surface area contributed by atoms with Gasteiger partial charge in [0, 0.05) is 5.41 Å². The molecular formula is C21H31BrO3. The average molecular weight is 411 g/mol. The first kappa shape index (κ1) is 17.2. The predicted molar refractivity (Wildman–Crippen MR) is 100 cm³/mol. The highest BCUT2D eigenvalue weighted by molar-refractivity contribution is 9.09. The lowest BCUT2D eigenvalue weighted by Gasteiger charge is -2.58. The third-order valence-electron chi connectivity index (χ3n) is 8.85. The van der Waals surface area contributed by atoms with Crippen LogP contribution >= 0.6 is 15.9 Å². The molecule has 4 fully saturated rings. The Balaban J connectivity index is 1.51. The first-order chi connectivity index (χ1) is 11.9. The topological polar surface area (TPSA) is 38.7 Å². The molecule has 0 aromatic rings. The van der Waals surface area contributed by atoms with Crippen molar-refractivity contribution in [2.24, 2.45) is 28.6 Å². The number of fused-ring (bicyclic) bond motifs is 6. The van der Waals surface area contributed by atoms with Gasteiger partial charge in [-0.05, 0) is 68.1 Å². The fourth-order valence-corrected chi connectivity index (χ4v) is 8.69. The molecule has 5 rings (SSSR count). The molecule has 1 N–H and O–H groups in total. The lowest BCUT2D eigenvalue weighted by molar-refractivity contribution is -0.238. The van der Waals surface area contributed by atoms with Crippen molar-refractivity contribution in [3.63, 3.8) is 0 Å². The maximum Gasteiger partial charge on any atom is 0.186 e. The van der Waals surface area contributed by atoms with Crippen LogP contribution in [0.25, 0.3) is 0 Å². The van der Waals surface area contributed by atoms with E-state index >= 15 is 0 Å². The summed E-state index contributed by atoms with van der Waals surface area (Å²) >= 11 is 3.96. The van der Waals surface area contributed by atoms with Crippen LogP contribution in [0.15, 0.2) is 11.6 Å². The largest absolute Gasteiger partial charge is 0.393 e. The molecule has 0 aromatic carbocycles. The molecule has 4 heteroatoms. The van der Waals surface area contributed by atoms with Crippen LogP contribution < -0.4 is 0 Å². The van der Waals surface area contributed by atoms with Crippen molar-refractivity contribution in [1.82, 2.24) is 0 Å². The highest BCUT2D eigenvalue weighted by atomic mass is 79.9. The molecule has 0 bridgehead atoms. The molecule has 7 atom stereocenters. The minimum atomic E-state index is -0.406. The summed E-state index contributed by atoms with van der Waals surface area (Å²) in [5.74, 6) is 1.75. The Morgan fingerprint density at radius 3 is 2.64 bits per heavy atom. The Hall–Kier alpha value is 0.1000. The van der Waals surface area contributed by atoms with E-state index in [1.165, 1.54) is 25.7 Å². The molecule has 0 aromatic heterocycles. The van der Waals surface area contributed by atoms with Crippen LogP contribution in [0.2, 0.25) is 0 Å². The summed E-state index contributed by atoms with van der Waals surface area (Å²) in [6.07, 6.45) is 10.2. The van der Waals surface area contributed by atoms with Crippen LogP contribution in [-0.4, -0.2) is 35.0 Å². The molecule has 1 heterocycles. The fourth-order valence-electron chi connectivity index (χ4n) is 7.50. The van der Waals surface area contributed by atoms with Crippen LogP contribution in [0, 0.1) is 28.6 Å². The average Bonchev–Trinajstić information content (AvgIpc) is 3.16. The second-order valence-electron chi connectivity index (χ2n) is 9.68. The molecule has 1 aliphatic heterocycles. The van der Waals surface area contributed by atoms with Crippen molar-refractivity contribution in [1.29, 1.82) is 0 Å². The maximum atomic E-state index is 10.1. The van der Waals surface area contributed by atoms with E-state index in [1.807, 2.05) is 0 Å². The van der Waals surface area contributed by atoms with Crippen molar-refractivity contribution in [3.8, 4) is 0 Å². The Morgan fingerprint density at radius 2 is 1.88 bits per heavy atom. The Kier molecular flexibility index (Phi) is 3.83. The standard InChI is InChI=1S/C21H31BrO3/c1-19-7-5-14(23)11-13(19)3-4-15-16(19)6-8-20(2)17(15)12-18(22)21(20)24-9-10-25-21/h3,14-18,23H,4-12H2,1-2H3/t14-,15+,16-,17-,18+,19-,20-/m0/s1. The monoisotopic (exact) mass is 410 g/mol. The summed E-state index contributed by atoms with van der Waals surface area (Å²) in [7, 11) is 0. The first-order valence-corrected chi connectivity index (χ1v) is 11.1. The van der Waals surface area contributed by atoms with Crippen molar-refractivity contribution >= 4 is 15.9 Å². The number of hydrogen-bond acceptors (Lipinski definition) is 3. The predicted octanol–water partition coefficient (Wildman–Crippen LogP) is 4.43. The number of rotatable bonds is 0. The molecule has 1 saturated heterocycles. The van der Waals surface area contributed by atoms with E-state index in [0.29, 0.717) is 16.2 Å². The molecule has 0 amide bonds. The molecule has 140 valence electrons. The van der Waals surface area contributed by atoms with Crippen molar-refractivity contribution in [3.05, 3.63) is 11.6 Å². The van der Waals surface area contributed by atoms with Crippen LogP contribution in [0.3, 0.4) is 0 Å². The van der Waals surface area contributed by atoms with Gasteiger partial charge in [-0.1, -0.05) is 41.4 Å². The highest BCUT2D eigenvalue weighted by Crippen LogP contribution is 2.69. The van der Waals surface area contributed by atoms with Crippen LogP contribution in [0.4, 0.5) is 0 Å². The van der Waals surface area contributed by atoms with Gasteiger partial charge in [0.15, 0.2) is 5.79 Å². The highest BCUT2D eigenvalue weighted by Gasteiger charge is 2.69.